The van der Waals surface area contributed by atoms with Crippen LogP contribution in [0.2, 0.25) is 10.0 Å². The zero-order valence-corrected chi connectivity index (χ0v) is 18.1. The van der Waals surface area contributed by atoms with Crippen LogP contribution >= 0.6 is 35.0 Å². The molecular formula is C21H14Cl2FN5OS. The summed E-state index contributed by atoms with van der Waals surface area (Å²) in [7, 11) is 0. The Morgan fingerprint density at radius 3 is 2.35 bits per heavy atom. The van der Waals surface area contributed by atoms with Gasteiger partial charge >= 0.3 is 0 Å². The minimum Gasteiger partial charge on any atom is -0.323 e. The quantitative estimate of drug-likeness (QED) is 0.374. The van der Waals surface area contributed by atoms with Gasteiger partial charge in [0.05, 0.1) is 21.5 Å². The summed E-state index contributed by atoms with van der Waals surface area (Å²) in [5.74, 6) is -0.0744. The fourth-order valence-corrected chi connectivity index (χ4v) is 4.04. The number of benzene rings is 2. The number of thioether (sulfide) groups is 1. The van der Waals surface area contributed by atoms with E-state index in [9.17, 15) is 9.18 Å². The second-order valence-electron chi connectivity index (χ2n) is 6.29. The number of hydrogen-bond donors (Lipinski definition) is 1. The molecule has 4 rings (SSSR count). The van der Waals surface area contributed by atoms with Crippen molar-refractivity contribution in [3.8, 4) is 17.1 Å². The van der Waals surface area contributed by atoms with E-state index in [4.69, 9.17) is 23.2 Å². The lowest BCUT2D eigenvalue weighted by Gasteiger charge is -2.11. The van der Waals surface area contributed by atoms with Crippen LogP contribution < -0.4 is 5.32 Å². The van der Waals surface area contributed by atoms with Crippen molar-refractivity contribution in [2.24, 2.45) is 0 Å². The summed E-state index contributed by atoms with van der Waals surface area (Å²) in [6.45, 7) is 0. The SMILES string of the molecule is O=C(CSc1nnc(-c2ccncc2)n1-c1ccc(F)cc1)Nc1c(Cl)cccc1Cl. The van der Waals surface area contributed by atoms with E-state index in [-0.39, 0.29) is 17.5 Å². The first-order valence-corrected chi connectivity index (χ1v) is 10.8. The molecule has 2 heterocycles. The zero-order valence-electron chi connectivity index (χ0n) is 15.8. The third kappa shape index (κ3) is 4.87. The summed E-state index contributed by atoms with van der Waals surface area (Å²) in [5.41, 5.74) is 1.80. The van der Waals surface area contributed by atoms with E-state index in [1.165, 1.54) is 23.9 Å². The van der Waals surface area contributed by atoms with Gasteiger partial charge in [-0.25, -0.2) is 4.39 Å². The highest BCUT2D eigenvalue weighted by Gasteiger charge is 2.18. The van der Waals surface area contributed by atoms with E-state index in [0.29, 0.717) is 32.4 Å². The molecule has 0 aliphatic rings. The van der Waals surface area contributed by atoms with Crippen molar-refractivity contribution in [1.82, 2.24) is 19.7 Å². The maximum absolute atomic E-state index is 13.5. The molecule has 0 aliphatic heterocycles. The highest BCUT2D eigenvalue weighted by atomic mass is 35.5. The van der Waals surface area contributed by atoms with Gasteiger partial charge < -0.3 is 5.32 Å². The Morgan fingerprint density at radius 2 is 1.68 bits per heavy atom. The van der Waals surface area contributed by atoms with Gasteiger partial charge in [0.25, 0.3) is 0 Å². The van der Waals surface area contributed by atoms with Crippen LogP contribution in [0.25, 0.3) is 17.1 Å². The molecule has 0 unspecified atom stereocenters. The number of pyridine rings is 1. The molecule has 6 nitrogen and oxygen atoms in total. The number of amides is 1. The average molecular weight is 474 g/mol. The number of rotatable bonds is 6. The van der Waals surface area contributed by atoms with Crippen LogP contribution in [0, 0.1) is 5.82 Å². The first-order valence-electron chi connectivity index (χ1n) is 9.01. The van der Waals surface area contributed by atoms with Gasteiger partial charge in [0.15, 0.2) is 11.0 Å². The fraction of sp³-hybridized carbons (Fsp3) is 0.0476. The van der Waals surface area contributed by atoms with Crippen LogP contribution in [0.15, 0.2) is 72.1 Å². The predicted molar refractivity (Wildman–Crippen MR) is 120 cm³/mol. The highest BCUT2D eigenvalue weighted by molar-refractivity contribution is 7.99. The minimum atomic E-state index is -0.354. The summed E-state index contributed by atoms with van der Waals surface area (Å²) in [6.07, 6.45) is 3.29. The van der Waals surface area contributed by atoms with Crippen LogP contribution in [0.4, 0.5) is 10.1 Å². The Labute approximate surface area is 191 Å². The number of nitrogens with zero attached hydrogens (tertiary/aromatic N) is 4. The monoisotopic (exact) mass is 473 g/mol. The van der Waals surface area contributed by atoms with Gasteiger partial charge in [-0.15, -0.1) is 10.2 Å². The number of hydrogen-bond acceptors (Lipinski definition) is 5. The van der Waals surface area contributed by atoms with Crippen molar-refractivity contribution in [3.05, 3.63) is 82.9 Å². The third-order valence-electron chi connectivity index (χ3n) is 4.22. The third-order valence-corrected chi connectivity index (χ3v) is 5.78. The smallest absolute Gasteiger partial charge is 0.234 e. The van der Waals surface area contributed by atoms with Crippen LogP contribution in [0.1, 0.15) is 0 Å². The van der Waals surface area contributed by atoms with Crippen LogP contribution in [0.3, 0.4) is 0 Å². The number of aromatic nitrogens is 4. The number of carbonyl (C=O) groups excluding carboxylic acids is 1. The normalized spacial score (nSPS) is 10.8. The topological polar surface area (TPSA) is 72.7 Å². The lowest BCUT2D eigenvalue weighted by atomic mass is 10.2. The molecule has 4 aromatic rings. The molecule has 31 heavy (non-hydrogen) atoms. The van der Waals surface area contributed by atoms with Gasteiger partial charge in [-0.1, -0.05) is 41.0 Å². The van der Waals surface area contributed by atoms with E-state index in [1.807, 2.05) is 0 Å². The van der Waals surface area contributed by atoms with Crippen molar-refractivity contribution in [3.63, 3.8) is 0 Å². The fourth-order valence-electron chi connectivity index (χ4n) is 2.80. The Hall–Kier alpha value is -2.94. The van der Waals surface area contributed by atoms with Crippen molar-refractivity contribution < 1.29 is 9.18 Å². The predicted octanol–water partition coefficient (Wildman–Crippen LogP) is 5.51. The molecular weight excluding hydrogens is 460 g/mol. The van der Waals surface area contributed by atoms with Crippen LogP contribution in [-0.4, -0.2) is 31.4 Å². The molecule has 0 fully saturated rings. The molecule has 1 N–H and O–H groups in total. The standard InChI is InChI=1S/C21H14Cl2FN5OS/c22-16-2-1-3-17(23)19(16)26-18(30)12-31-21-28-27-20(13-8-10-25-11-9-13)29(21)15-6-4-14(24)5-7-15/h1-11H,12H2,(H,26,30). The molecule has 0 bridgehead atoms. The highest BCUT2D eigenvalue weighted by Crippen LogP contribution is 2.31. The van der Waals surface area contributed by atoms with E-state index >= 15 is 0 Å². The molecule has 156 valence electrons. The van der Waals surface area contributed by atoms with E-state index in [2.05, 4.69) is 20.5 Å². The number of carbonyl (C=O) groups is 1. The second kappa shape index (κ2) is 9.47. The Balaban J connectivity index is 1.60. The lowest BCUT2D eigenvalue weighted by Crippen LogP contribution is -2.15. The first-order chi connectivity index (χ1) is 15.0. The molecule has 10 heteroatoms. The molecule has 0 saturated heterocycles. The molecule has 0 spiro atoms. The maximum atomic E-state index is 13.5. The molecule has 2 aromatic carbocycles. The largest absolute Gasteiger partial charge is 0.323 e. The van der Waals surface area contributed by atoms with Gasteiger partial charge in [0, 0.05) is 23.6 Å². The Morgan fingerprint density at radius 1 is 1.00 bits per heavy atom. The summed E-state index contributed by atoms with van der Waals surface area (Å²) >= 11 is 13.4. The summed E-state index contributed by atoms with van der Waals surface area (Å²) in [4.78, 5) is 16.5. The zero-order chi connectivity index (χ0) is 21.8. The Kier molecular flexibility index (Phi) is 6.50. The van der Waals surface area contributed by atoms with Gasteiger partial charge in [0.1, 0.15) is 5.82 Å². The summed E-state index contributed by atoms with van der Waals surface area (Å²) in [6, 6.07) is 14.5. The summed E-state index contributed by atoms with van der Waals surface area (Å²) in [5, 5.41) is 12.4. The van der Waals surface area contributed by atoms with Gasteiger partial charge in [-0.05, 0) is 48.5 Å². The van der Waals surface area contributed by atoms with Crippen LogP contribution in [-0.2, 0) is 4.79 Å². The van der Waals surface area contributed by atoms with Crippen LogP contribution in [0.5, 0.6) is 0 Å². The lowest BCUT2D eigenvalue weighted by molar-refractivity contribution is -0.113. The van der Waals surface area contributed by atoms with Crippen molar-refractivity contribution in [2.75, 3.05) is 11.1 Å². The van der Waals surface area contributed by atoms with Gasteiger partial charge in [-0.2, -0.15) is 0 Å². The van der Waals surface area contributed by atoms with Crippen molar-refractivity contribution in [1.29, 1.82) is 0 Å². The Bertz CT molecular complexity index is 1200. The van der Waals surface area contributed by atoms with E-state index < -0.39 is 0 Å². The molecule has 1 amide bonds. The van der Waals surface area contributed by atoms with E-state index in [1.54, 1.807) is 59.4 Å². The summed E-state index contributed by atoms with van der Waals surface area (Å²) < 4.78 is 15.2. The number of nitrogens with one attached hydrogen (secondary N) is 1. The van der Waals surface area contributed by atoms with Crippen molar-refractivity contribution >= 4 is 46.6 Å². The van der Waals surface area contributed by atoms with Gasteiger partial charge in [0.2, 0.25) is 5.91 Å². The number of halogens is 3. The molecule has 0 atom stereocenters. The van der Waals surface area contributed by atoms with E-state index in [0.717, 1.165) is 5.56 Å². The maximum Gasteiger partial charge on any atom is 0.234 e. The average Bonchev–Trinajstić information content (AvgIpc) is 3.20. The first kappa shape index (κ1) is 21.3. The molecule has 0 radical (unpaired) electrons. The number of anilines is 1. The van der Waals surface area contributed by atoms with Crippen molar-refractivity contribution in [2.45, 2.75) is 5.16 Å². The minimum absolute atomic E-state index is 0.0389. The number of para-hydroxylation sites is 1. The molecule has 0 aliphatic carbocycles. The molecule has 2 aromatic heterocycles. The van der Waals surface area contributed by atoms with Gasteiger partial charge in [-0.3, -0.25) is 14.3 Å². The molecule has 0 saturated carbocycles. The second-order valence-corrected chi connectivity index (χ2v) is 8.04.